The van der Waals surface area contributed by atoms with Crippen LogP contribution in [0.25, 0.3) is 0 Å². The molecule has 0 aromatic heterocycles. The van der Waals surface area contributed by atoms with E-state index in [-0.39, 0.29) is 12.4 Å². The summed E-state index contributed by atoms with van der Waals surface area (Å²) < 4.78 is 0. The lowest BCUT2D eigenvalue weighted by molar-refractivity contribution is -0.120. The zero-order valence-electron chi connectivity index (χ0n) is 8.09. The molecule has 74 valence electrons. The molecule has 0 radical (unpaired) electrons. The van der Waals surface area contributed by atoms with Gasteiger partial charge >= 0.3 is 0 Å². The third-order valence-electron chi connectivity index (χ3n) is 2.54. The minimum absolute atomic E-state index is 0.0725. The van der Waals surface area contributed by atoms with Gasteiger partial charge in [0.15, 0.2) is 5.78 Å². The van der Waals surface area contributed by atoms with Crippen molar-refractivity contribution in [3.05, 3.63) is 11.6 Å². The Bertz CT molecular complexity index is 184. The highest BCUT2D eigenvalue weighted by molar-refractivity contribution is 5.80. The molecule has 0 bridgehead atoms. The van der Waals surface area contributed by atoms with E-state index in [1.165, 1.54) is 31.3 Å². The molecule has 1 rings (SSSR count). The second kappa shape index (κ2) is 5.92. The van der Waals surface area contributed by atoms with Crippen LogP contribution in [-0.2, 0) is 4.79 Å². The molecular formula is C11H18O2. The van der Waals surface area contributed by atoms with E-state index in [1.54, 1.807) is 0 Å². The number of aliphatic hydroxyl groups is 1. The van der Waals surface area contributed by atoms with E-state index < -0.39 is 0 Å². The number of carbonyl (C=O) groups is 1. The van der Waals surface area contributed by atoms with Crippen LogP contribution in [-0.4, -0.2) is 17.5 Å². The summed E-state index contributed by atoms with van der Waals surface area (Å²) in [5, 5.41) is 8.54. The molecule has 0 heterocycles. The monoisotopic (exact) mass is 182 g/mol. The number of ketones is 1. The Labute approximate surface area is 79.6 Å². The Morgan fingerprint density at radius 2 is 1.85 bits per heavy atom. The summed E-state index contributed by atoms with van der Waals surface area (Å²) in [7, 11) is 0. The van der Waals surface area contributed by atoms with E-state index in [4.69, 9.17) is 5.11 Å². The second-order valence-corrected chi connectivity index (χ2v) is 3.68. The second-order valence-electron chi connectivity index (χ2n) is 3.68. The van der Waals surface area contributed by atoms with E-state index in [9.17, 15) is 4.79 Å². The molecule has 0 atom stereocenters. The van der Waals surface area contributed by atoms with Crippen molar-refractivity contribution >= 4 is 5.78 Å². The molecule has 1 aliphatic rings. The van der Waals surface area contributed by atoms with E-state index in [2.05, 4.69) is 0 Å². The summed E-state index contributed by atoms with van der Waals surface area (Å²) >= 11 is 0. The average Bonchev–Trinajstić information content (AvgIpc) is 2.42. The fourth-order valence-electron chi connectivity index (χ4n) is 1.71. The maximum atomic E-state index is 10.8. The van der Waals surface area contributed by atoms with Gasteiger partial charge in [-0.2, -0.15) is 0 Å². The van der Waals surface area contributed by atoms with Crippen molar-refractivity contribution in [1.82, 2.24) is 0 Å². The molecular weight excluding hydrogens is 164 g/mol. The highest BCUT2D eigenvalue weighted by Crippen LogP contribution is 2.22. The summed E-state index contributed by atoms with van der Waals surface area (Å²) in [6, 6.07) is 0. The molecule has 0 unspecified atom stereocenters. The number of allylic oxidation sites excluding steroid dienone is 2. The van der Waals surface area contributed by atoms with Crippen molar-refractivity contribution in [2.75, 3.05) is 6.61 Å². The summed E-state index contributed by atoms with van der Waals surface area (Å²) in [5.41, 5.74) is 1.42. The summed E-state index contributed by atoms with van der Waals surface area (Å²) in [5.74, 6) is -0.0725. The standard InChI is InChI=1S/C11H18O2/c12-9-11(13)8-7-10-5-3-1-2-4-6-10/h7,12H,1-6,8-9H2. The fourth-order valence-corrected chi connectivity index (χ4v) is 1.71. The molecule has 2 heteroatoms. The van der Waals surface area contributed by atoms with Gasteiger partial charge < -0.3 is 5.11 Å². The zero-order chi connectivity index (χ0) is 9.52. The van der Waals surface area contributed by atoms with Crippen molar-refractivity contribution < 1.29 is 9.90 Å². The minimum Gasteiger partial charge on any atom is -0.389 e. The van der Waals surface area contributed by atoms with Gasteiger partial charge in [0.1, 0.15) is 6.61 Å². The Morgan fingerprint density at radius 3 is 2.38 bits per heavy atom. The molecule has 1 N–H and O–H groups in total. The largest absolute Gasteiger partial charge is 0.389 e. The van der Waals surface area contributed by atoms with E-state index in [1.807, 2.05) is 6.08 Å². The molecule has 2 nitrogen and oxygen atoms in total. The first-order valence-corrected chi connectivity index (χ1v) is 5.13. The quantitative estimate of drug-likeness (QED) is 0.536. The van der Waals surface area contributed by atoms with Gasteiger partial charge in [0.05, 0.1) is 0 Å². The van der Waals surface area contributed by atoms with Crippen LogP contribution in [0.1, 0.15) is 44.9 Å². The van der Waals surface area contributed by atoms with E-state index in [0.29, 0.717) is 6.42 Å². The van der Waals surface area contributed by atoms with Crippen molar-refractivity contribution in [2.45, 2.75) is 44.9 Å². The number of carbonyl (C=O) groups excluding carboxylic acids is 1. The topological polar surface area (TPSA) is 37.3 Å². The van der Waals surface area contributed by atoms with Crippen LogP contribution in [0.2, 0.25) is 0 Å². The first-order chi connectivity index (χ1) is 6.33. The first-order valence-electron chi connectivity index (χ1n) is 5.13. The Morgan fingerprint density at radius 1 is 1.23 bits per heavy atom. The number of hydrogen-bond donors (Lipinski definition) is 1. The third-order valence-corrected chi connectivity index (χ3v) is 2.54. The lowest BCUT2D eigenvalue weighted by atomic mass is 10.1. The van der Waals surface area contributed by atoms with Gasteiger partial charge in [-0.1, -0.05) is 24.5 Å². The Hall–Kier alpha value is -0.630. The average molecular weight is 182 g/mol. The van der Waals surface area contributed by atoms with Crippen LogP contribution >= 0.6 is 0 Å². The van der Waals surface area contributed by atoms with Crippen LogP contribution in [0.15, 0.2) is 11.6 Å². The van der Waals surface area contributed by atoms with Crippen LogP contribution in [0.3, 0.4) is 0 Å². The number of hydrogen-bond acceptors (Lipinski definition) is 2. The van der Waals surface area contributed by atoms with Crippen LogP contribution in [0, 0.1) is 0 Å². The summed E-state index contributed by atoms with van der Waals surface area (Å²) in [6.07, 6.45) is 9.92. The predicted octanol–water partition coefficient (Wildman–Crippen LogP) is 2.22. The highest BCUT2D eigenvalue weighted by Gasteiger charge is 2.04. The molecule has 0 aromatic rings. The van der Waals surface area contributed by atoms with Gasteiger partial charge in [-0.3, -0.25) is 4.79 Å². The maximum Gasteiger partial charge on any atom is 0.161 e. The molecule has 1 saturated carbocycles. The van der Waals surface area contributed by atoms with Crippen LogP contribution in [0.4, 0.5) is 0 Å². The smallest absolute Gasteiger partial charge is 0.161 e. The van der Waals surface area contributed by atoms with Crippen molar-refractivity contribution in [2.24, 2.45) is 0 Å². The van der Waals surface area contributed by atoms with E-state index in [0.717, 1.165) is 12.8 Å². The van der Waals surface area contributed by atoms with Crippen molar-refractivity contribution in [3.8, 4) is 0 Å². The molecule has 0 amide bonds. The number of rotatable bonds is 3. The molecule has 0 aliphatic heterocycles. The third kappa shape index (κ3) is 4.23. The predicted molar refractivity (Wildman–Crippen MR) is 52.5 cm³/mol. The normalized spacial score (nSPS) is 18.1. The van der Waals surface area contributed by atoms with Gasteiger partial charge in [0, 0.05) is 6.42 Å². The first kappa shape index (κ1) is 10.5. The van der Waals surface area contributed by atoms with Crippen LogP contribution < -0.4 is 0 Å². The van der Waals surface area contributed by atoms with E-state index >= 15 is 0 Å². The molecule has 0 aromatic carbocycles. The van der Waals surface area contributed by atoms with Gasteiger partial charge in [-0.05, 0) is 25.7 Å². The highest BCUT2D eigenvalue weighted by atomic mass is 16.3. The zero-order valence-corrected chi connectivity index (χ0v) is 8.09. The van der Waals surface area contributed by atoms with Gasteiger partial charge in [-0.15, -0.1) is 0 Å². The van der Waals surface area contributed by atoms with Crippen molar-refractivity contribution in [1.29, 1.82) is 0 Å². The Kier molecular flexibility index (Phi) is 4.76. The van der Waals surface area contributed by atoms with Gasteiger partial charge in [0.2, 0.25) is 0 Å². The SMILES string of the molecule is O=C(CO)CC=C1CCCCCC1. The molecule has 1 fully saturated rings. The minimum atomic E-state index is -0.316. The van der Waals surface area contributed by atoms with Crippen molar-refractivity contribution in [3.63, 3.8) is 0 Å². The lowest BCUT2D eigenvalue weighted by Gasteiger charge is -2.00. The Balaban J connectivity index is 2.34. The summed E-state index contributed by atoms with van der Waals surface area (Å²) in [6.45, 7) is -0.316. The summed E-state index contributed by atoms with van der Waals surface area (Å²) in [4.78, 5) is 10.8. The van der Waals surface area contributed by atoms with Gasteiger partial charge in [0.25, 0.3) is 0 Å². The molecule has 0 saturated heterocycles. The fraction of sp³-hybridized carbons (Fsp3) is 0.727. The number of Topliss-reactive ketones (excluding diaryl/α,β-unsaturated/α-hetero) is 1. The number of aliphatic hydroxyl groups excluding tert-OH is 1. The molecule has 1 aliphatic carbocycles. The maximum absolute atomic E-state index is 10.8. The van der Waals surface area contributed by atoms with Crippen LogP contribution in [0.5, 0.6) is 0 Å². The van der Waals surface area contributed by atoms with Gasteiger partial charge in [-0.25, -0.2) is 0 Å². The molecule has 0 spiro atoms. The lowest BCUT2D eigenvalue weighted by Crippen LogP contribution is -2.01. The molecule has 13 heavy (non-hydrogen) atoms.